The van der Waals surface area contributed by atoms with Gasteiger partial charge in [-0.15, -0.1) is 0 Å². The van der Waals surface area contributed by atoms with Gasteiger partial charge < -0.3 is 15.0 Å². The first-order valence-corrected chi connectivity index (χ1v) is 9.01. The van der Waals surface area contributed by atoms with Crippen molar-refractivity contribution >= 4 is 21.6 Å². The SMILES string of the molecule is COc1ccccc1C[NH+]1CCC(Nc2ccc(Br)cc2)CC1. The molecule has 0 aliphatic carbocycles. The molecule has 3 rings (SSSR count). The lowest BCUT2D eigenvalue weighted by atomic mass is 10.0. The van der Waals surface area contributed by atoms with Crippen LogP contribution in [0.5, 0.6) is 5.75 Å². The number of hydrogen-bond donors (Lipinski definition) is 2. The molecule has 3 nitrogen and oxygen atoms in total. The molecule has 0 atom stereocenters. The molecule has 0 aromatic heterocycles. The molecule has 1 saturated heterocycles. The zero-order chi connectivity index (χ0) is 16.1. The maximum Gasteiger partial charge on any atom is 0.127 e. The number of nitrogens with one attached hydrogen (secondary N) is 2. The second kappa shape index (κ2) is 7.84. The molecule has 1 aliphatic rings. The normalized spacial score (nSPS) is 21.0. The van der Waals surface area contributed by atoms with E-state index in [9.17, 15) is 0 Å². The summed E-state index contributed by atoms with van der Waals surface area (Å²) in [6.07, 6.45) is 2.42. The maximum atomic E-state index is 5.47. The Bertz CT molecular complexity index is 622. The number of ether oxygens (including phenoxy) is 1. The fourth-order valence-corrected chi connectivity index (χ4v) is 3.51. The lowest BCUT2D eigenvalue weighted by molar-refractivity contribution is -0.918. The highest BCUT2D eigenvalue weighted by molar-refractivity contribution is 9.10. The average Bonchev–Trinajstić information content (AvgIpc) is 2.59. The quantitative estimate of drug-likeness (QED) is 0.839. The molecule has 2 N–H and O–H groups in total. The second-order valence-electron chi connectivity index (χ2n) is 6.16. The maximum absolute atomic E-state index is 5.47. The van der Waals surface area contributed by atoms with E-state index in [4.69, 9.17) is 4.74 Å². The van der Waals surface area contributed by atoms with Crippen LogP contribution in [0.2, 0.25) is 0 Å². The molecule has 0 amide bonds. The van der Waals surface area contributed by atoms with Crippen LogP contribution in [0.1, 0.15) is 18.4 Å². The fraction of sp³-hybridized carbons (Fsp3) is 0.368. The van der Waals surface area contributed by atoms with E-state index in [-0.39, 0.29) is 0 Å². The number of halogens is 1. The van der Waals surface area contributed by atoms with Crippen molar-refractivity contribution in [2.24, 2.45) is 0 Å². The van der Waals surface area contributed by atoms with Crippen LogP contribution in [0.15, 0.2) is 53.0 Å². The molecule has 0 saturated carbocycles. The first kappa shape index (κ1) is 16.3. The Balaban J connectivity index is 1.51. The van der Waals surface area contributed by atoms with Crippen molar-refractivity contribution < 1.29 is 9.64 Å². The molecule has 122 valence electrons. The molecule has 1 aliphatic heterocycles. The predicted molar refractivity (Wildman–Crippen MR) is 98.2 cm³/mol. The summed E-state index contributed by atoms with van der Waals surface area (Å²) in [5.41, 5.74) is 2.52. The first-order chi connectivity index (χ1) is 11.2. The summed E-state index contributed by atoms with van der Waals surface area (Å²) >= 11 is 3.48. The number of methoxy groups -OCH3 is 1. The molecule has 0 radical (unpaired) electrons. The Kier molecular flexibility index (Phi) is 5.57. The molecular formula is C19H24BrN2O+. The van der Waals surface area contributed by atoms with Crippen molar-refractivity contribution in [2.75, 3.05) is 25.5 Å². The van der Waals surface area contributed by atoms with E-state index < -0.39 is 0 Å². The Labute approximate surface area is 146 Å². The zero-order valence-corrected chi connectivity index (χ0v) is 15.1. The number of hydrogen-bond acceptors (Lipinski definition) is 2. The molecule has 4 heteroatoms. The number of likely N-dealkylation sites (tertiary alicyclic amines) is 1. The van der Waals surface area contributed by atoms with E-state index in [2.05, 4.69) is 63.7 Å². The fourth-order valence-electron chi connectivity index (χ4n) is 3.25. The van der Waals surface area contributed by atoms with Gasteiger partial charge in [0, 0.05) is 34.6 Å². The van der Waals surface area contributed by atoms with Gasteiger partial charge in [-0.25, -0.2) is 0 Å². The van der Waals surface area contributed by atoms with Gasteiger partial charge in [-0.3, -0.25) is 0 Å². The van der Waals surface area contributed by atoms with E-state index in [1.807, 2.05) is 6.07 Å². The van der Waals surface area contributed by atoms with Gasteiger partial charge in [0.25, 0.3) is 0 Å². The van der Waals surface area contributed by atoms with Crippen molar-refractivity contribution in [1.82, 2.24) is 0 Å². The van der Waals surface area contributed by atoms with Crippen LogP contribution in [-0.4, -0.2) is 26.2 Å². The Hall–Kier alpha value is -1.52. The third-order valence-corrected chi connectivity index (χ3v) is 5.07. The van der Waals surface area contributed by atoms with Crippen LogP contribution < -0.4 is 15.0 Å². The molecule has 1 fully saturated rings. The number of piperidine rings is 1. The lowest BCUT2D eigenvalue weighted by Crippen LogP contribution is -3.12. The summed E-state index contributed by atoms with van der Waals surface area (Å²) in [4.78, 5) is 1.64. The number of quaternary nitrogens is 1. The lowest BCUT2D eigenvalue weighted by Gasteiger charge is -2.30. The van der Waals surface area contributed by atoms with Crippen LogP contribution in [0.4, 0.5) is 5.69 Å². The molecule has 23 heavy (non-hydrogen) atoms. The smallest absolute Gasteiger partial charge is 0.127 e. The second-order valence-corrected chi connectivity index (χ2v) is 7.08. The molecular weight excluding hydrogens is 352 g/mol. The molecule has 0 spiro atoms. The van der Waals surface area contributed by atoms with Gasteiger partial charge in [-0.2, -0.15) is 0 Å². The highest BCUT2D eigenvalue weighted by Crippen LogP contribution is 2.18. The minimum atomic E-state index is 0.581. The highest BCUT2D eigenvalue weighted by Gasteiger charge is 2.22. The first-order valence-electron chi connectivity index (χ1n) is 8.22. The van der Waals surface area contributed by atoms with E-state index in [0.29, 0.717) is 6.04 Å². The number of benzene rings is 2. The van der Waals surface area contributed by atoms with E-state index in [1.165, 1.54) is 37.2 Å². The summed E-state index contributed by atoms with van der Waals surface area (Å²) in [6.45, 7) is 3.45. The molecule has 0 unspecified atom stereocenters. The summed E-state index contributed by atoms with van der Waals surface area (Å²) in [7, 11) is 1.75. The van der Waals surface area contributed by atoms with Gasteiger partial charge in [-0.05, 0) is 36.4 Å². The predicted octanol–water partition coefficient (Wildman–Crippen LogP) is 3.12. The van der Waals surface area contributed by atoms with Crippen LogP contribution in [0, 0.1) is 0 Å². The molecule has 2 aromatic rings. The van der Waals surface area contributed by atoms with Crippen LogP contribution >= 0.6 is 15.9 Å². The van der Waals surface area contributed by atoms with Gasteiger partial charge in [0.1, 0.15) is 12.3 Å². The topological polar surface area (TPSA) is 25.7 Å². The standard InChI is InChI=1S/C19H23BrN2O/c1-23-19-5-3-2-4-15(19)14-22-12-10-18(11-13-22)21-17-8-6-16(20)7-9-17/h2-9,18,21H,10-14H2,1H3/p+1. The molecule has 2 aromatic carbocycles. The van der Waals surface area contributed by atoms with Gasteiger partial charge in [0.05, 0.1) is 20.2 Å². The monoisotopic (exact) mass is 375 g/mol. The summed E-state index contributed by atoms with van der Waals surface area (Å²) in [5.74, 6) is 1.01. The Morgan fingerprint density at radius 3 is 2.48 bits per heavy atom. The largest absolute Gasteiger partial charge is 0.496 e. The molecule has 0 bridgehead atoms. The minimum absolute atomic E-state index is 0.581. The van der Waals surface area contributed by atoms with E-state index in [0.717, 1.165) is 16.8 Å². The van der Waals surface area contributed by atoms with Crippen molar-refractivity contribution in [3.63, 3.8) is 0 Å². The number of rotatable bonds is 5. The third-order valence-electron chi connectivity index (χ3n) is 4.54. The molecule has 1 heterocycles. The summed E-state index contributed by atoms with van der Waals surface area (Å²) in [6, 6.07) is 17.4. The van der Waals surface area contributed by atoms with Crippen LogP contribution in [0.25, 0.3) is 0 Å². The van der Waals surface area contributed by atoms with Gasteiger partial charge in [0.2, 0.25) is 0 Å². The average molecular weight is 376 g/mol. The van der Waals surface area contributed by atoms with Crippen LogP contribution in [-0.2, 0) is 6.54 Å². The van der Waals surface area contributed by atoms with Gasteiger partial charge in [-0.1, -0.05) is 28.1 Å². The number of para-hydroxylation sites is 1. The van der Waals surface area contributed by atoms with Crippen molar-refractivity contribution in [3.8, 4) is 5.75 Å². The van der Waals surface area contributed by atoms with Crippen molar-refractivity contribution in [1.29, 1.82) is 0 Å². The third kappa shape index (κ3) is 4.49. The van der Waals surface area contributed by atoms with Gasteiger partial charge in [0.15, 0.2) is 0 Å². The van der Waals surface area contributed by atoms with E-state index >= 15 is 0 Å². The van der Waals surface area contributed by atoms with Crippen molar-refractivity contribution in [3.05, 3.63) is 58.6 Å². The van der Waals surface area contributed by atoms with E-state index in [1.54, 1.807) is 12.0 Å². The number of anilines is 1. The van der Waals surface area contributed by atoms with Crippen molar-refractivity contribution in [2.45, 2.75) is 25.4 Å². The Morgan fingerprint density at radius 1 is 1.09 bits per heavy atom. The summed E-state index contributed by atoms with van der Waals surface area (Å²) < 4.78 is 6.59. The highest BCUT2D eigenvalue weighted by atomic mass is 79.9. The Morgan fingerprint density at radius 2 is 1.78 bits per heavy atom. The van der Waals surface area contributed by atoms with Crippen LogP contribution in [0.3, 0.4) is 0 Å². The minimum Gasteiger partial charge on any atom is -0.496 e. The van der Waals surface area contributed by atoms with Gasteiger partial charge >= 0.3 is 0 Å². The summed E-state index contributed by atoms with van der Waals surface area (Å²) in [5, 5.41) is 3.66. The zero-order valence-electron chi connectivity index (χ0n) is 13.5.